The highest BCUT2D eigenvalue weighted by atomic mass is 32.1. The first kappa shape index (κ1) is 54.8. The van der Waals surface area contributed by atoms with Crippen molar-refractivity contribution < 1.29 is 75.4 Å². The van der Waals surface area contributed by atoms with Gasteiger partial charge in [-0.1, -0.05) is 24.3 Å². The smallest absolute Gasteiger partial charge is 0.439 e. The highest BCUT2D eigenvalue weighted by Gasteiger charge is 2.50. The normalized spacial score (nSPS) is 18.5. The van der Waals surface area contributed by atoms with Crippen molar-refractivity contribution in [2.45, 2.75) is 37.4 Å². The van der Waals surface area contributed by atoms with Crippen LogP contribution in [-0.2, 0) is 41.1 Å². The van der Waals surface area contributed by atoms with Crippen LogP contribution in [-0.4, -0.2) is 147 Å². The van der Waals surface area contributed by atoms with E-state index in [4.69, 9.17) is 25.0 Å². The van der Waals surface area contributed by atoms with Crippen LogP contribution in [0.3, 0.4) is 0 Å². The Hall–Kier alpha value is -5.96. The van der Waals surface area contributed by atoms with E-state index < -0.39 is 66.3 Å². The molecule has 0 spiro atoms. The Morgan fingerprint density at radius 2 is 1.68 bits per heavy atom. The van der Waals surface area contributed by atoms with E-state index in [1.807, 2.05) is 55.9 Å². The fourth-order valence-electron chi connectivity index (χ4n) is 7.81. The van der Waals surface area contributed by atoms with Gasteiger partial charge >= 0.3 is 29.6 Å². The maximum absolute atomic E-state index is 14.2. The van der Waals surface area contributed by atoms with Crippen LogP contribution >= 0.6 is 34.8 Å². The molecule has 392 valence electrons. The number of anilines is 2. The number of aliphatic hydroxyl groups is 1. The van der Waals surface area contributed by atoms with Crippen LogP contribution in [0.4, 0.5) is 16.4 Å². The molecule has 0 radical (unpaired) electrons. The Morgan fingerprint density at radius 3 is 2.40 bits per heavy atom. The van der Waals surface area contributed by atoms with Gasteiger partial charge in [0.25, 0.3) is 11.5 Å². The number of amides is 3. The van der Waals surface area contributed by atoms with Crippen molar-refractivity contribution in [2.24, 2.45) is 0 Å². The number of H-pyrrole nitrogens is 1. The van der Waals surface area contributed by atoms with Crippen molar-refractivity contribution in [1.29, 1.82) is 0 Å². The van der Waals surface area contributed by atoms with Gasteiger partial charge in [0, 0.05) is 91.1 Å². The highest BCUT2D eigenvalue weighted by molar-refractivity contribution is 7.66. The first-order valence-electron chi connectivity index (χ1n) is 21.9. The molecule has 2 aromatic carbocycles. The van der Waals surface area contributed by atoms with Crippen LogP contribution < -0.4 is 36.8 Å². The molecule has 6 atom stereocenters. The predicted molar refractivity (Wildman–Crippen MR) is 265 cm³/mol. The lowest BCUT2D eigenvalue weighted by molar-refractivity contribution is -0.121. The van der Waals surface area contributed by atoms with E-state index in [0.717, 1.165) is 53.6 Å². The van der Waals surface area contributed by atoms with Crippen LogP contribution in [0.1, 0.15) is 29.4 Å². The van der Waals surface area contributed by atoms with E-state index in [-0.39, 0.29) is 55.0 Å². The minimum absolute atomic E-state index is 0.0246. The number of phosphoric acid groups is 3. The zero-order valence-electron chi connectivity index (χ0n) is 39.5. The third-order valence-electron chi connectivity index (χ3n) is 11.2. The fraction of sp³-hybridized carbons (Fsp3) is 0.357. The summed E-state index contributed by atoms with van der Waals surface area (Å²) in [5, 5.41) is 18.3. The Morgan fingerprint density at radius 1 is 0.959 bits per heavy atom. The number of alkyl carbamates (subject to hydrolysis) is 1. The molecule has 27 nitrogen and oxygen atoms in total. The third kappa shape index (κ3) is 13.2. The number of hydrogen-bond acceptors (Lipinski definition) is 18. The Balaban J connectivity index is 0.951. The molecule has 3 aliphatic rings. The van der Waals surface area contributed by atoms with E-state index in [2.05, 4.69) is 75.1 Å². The van der Waals surface area contributed by atoms with Crippen LogP contribution in [0.15, 0.2) is 71.8 Å². The van der Waals surface area contributed by atoms with E-state index in [1.165, 1.54) is 0 Å². The topological polar surface area (TPSA) is 373 Å². The Labute approximate surface area is 418 Å². The van der Waals surface area contributed by atoms with Crippen molar-refractivity contribution >= 4 is 85.6 Å². The summed E-state index contributed by atoms with van der Waals surface area (Å²) in [6.45, 7) is -1.19. The molecule has 7 rings (SSSR count). The van der Waals surface area contributed by atoms with Crippen molar-refractivity contribution in [3.63, 3.8) is 0 Å². The number of phosphoric ester groups is 1. The molecule has 1 fully saturated rings. The molecule has 10 N–H and O–H groups in total. The average molecular weight is 1090 g/mol. The molecule has 0 saturated carbocycles. The standard InChI is InChI=1S/C42H51N10O17P3S/c1-49(2)23-12-14-27-30(19-23)73-31-20-24(50(3)4)13-15-28(31)33(27)25-9-6-7-10-26(25)39(56)51(5)18-8-11-32(53)44-16-17-45-42(57)67-36-35(54)29(21-65-71(61,62)69-72(63,64)68-70(58,59)60)66-40(36)52-22-46-34-37(52)47-41(43)48-38(34)55/h6-7,9-10,12-15,19-20,22,29,35-36,40,54H,8,11,16-18,21H2,1-5H3,(H8-,43,44,45,47,48,53,55,57,58,59,60,61,62,63,64)/p+1/t29-,35-,36-,40-/m1/s1. The number of aromatic nitrogens is 4. The van der Waals surface area contributed by atoms with Crippen molar-refractivity contribution in [1.82, 2.24) is 39.6 Å². The summed E-state index contributed by atoms with van der Waals surface area (Å²) in [6.07, 6.45) is -6.78. The molecular formula is C42H52N10O17P3S+. The van der Waals surface area contributed by atoms with Crippen molar-refractivity contribution in [3.8, 4) is 21.6 Å². The molecule has 2 aliphatic heterocycles. The van der Waals surface area contributed by atoms with Gasteiger partial charge in [0.05, 0.1) is 12.9 Å². The van der Waals surface area contributed by atoms with Crippen molar-refractivity contribution in [3.05, 3.63) is 88.3 Å². The van der Waals surface area contributed by atoms with Gasteiger partial charge in [-0.25, -0.2) is 28.0 Å². The number of aliphatic hydroxyl groups excluding tert-OH is 1. The van der Waals surface area contributed by atoms with Gasteiger partial charge in [0.15, 0.2) is 23.5 Å². The van der Waals surface area contributed by atoms with E-state index in [1.54, 1.807) is 29.4 Å². The molecule has 2 aromatic heterocycles. The summed E-state index contributed by atoms with van der Waals surface area (Å²) >= 11 is 1.68. The summed E-state index contributed by atoms with van der Waals surface area (Å²) in [7, 11) is -7.67. The second-order valence-corrected chi connectivity index (χ2v) is 22.4. The molecule has 4 heterocycles. The molecule has 3 amide bonds. The molecule has 73 heavy (non-hydrogen) atoms. The summed E-state index contributed by atoms with van der Waals surface area (Å²) in [5.41, 5.74) is 8.72. The van der Waals surface area contributed by atoms with Crippen LogP contribution in [0.2, 0.25) is 0 Å². The minimum Gasteiger partial charge on any atom is -0.439 e. The van der Waals surface area contributed by atoms with Gasteiger partial charge in [0.2, 0.25) is 17.2 Å². The molecule has 1 saturated heterocycles. The molecule has 4 aromatic rings. The number of fused-ring (bicyclic) bond motifs is 3. The average Bonchev–Trinajstić information content (AvgIpc) is 3.86. The number of nitrogens with zero attached hydrogens (tertiary/aromatic N) is 6. The lowest BCUT2D eigenvalue weighted by Crippen LogP contribution is -2.41. The molecule has 31 heteroatoms. The van der Waals surface area contributed by atoms with Gasteiger partial charge in [-0.15, -0.1) is 11.3 Å². The third-order valence-corrected chi connectivity index (χ3v) is 16.1. The van der Waals surface area contributed by atoms with E-state index in [0.29, 0.717) is 12.0 Å². The second-order valence-electron chi connectivity index (χ2n) is 16.9. The lowest BCUT2D eigenvalue weighted by Gasteiger charge is -2.22. The summed E-state index contributed by atoms with van der Waals surface area (Å²) in [4.78, 5) is 105. The number of benzene rings is 3. The number of hydrogen-bond donors (Lipinski definition) is 9. The summed E-state index contributed by atoms with van der Waals surface area (Å²) < 4.78 is 62.6. The Bertz CT molecular complexity index is 3320. The van der Waals surface area contributed by atoms with E-state index in [9.17, 15) is 47.8 Å². The fourth-order valence-corrected chi connectivity index (χ4v) is 12.0. The van der Waals surface area contributed by atoms with Gasteiger partial charge in [-0.3, -0.25) is 28.5 Å². The summed E-state index contributed by atoms with van der Waals surface area (Å²) in [5.74, 6) is -0.977. The van der Waals surface area contributed by atoms with Gasteiger partial charge < -0.3 is 60.3 Å². The first-order valence-corrected chi connectivity index (χ1v) is 27.2. The molecule has 2 unspecified atom stereocenters. The van der Waals surface area contributed by atoms with E-state index >= 15 is 0 Å². The molecule has 1 aliphatic carbocycles. The number of nitrogen functional groups attached to an aromatic ring is 1. The number of rotatable bonds is 19. The SMILES string of the molecule is CN(CCCC(=O)NCCNC(=O)O[C@@H]1[C@H](O)[C@@H](COP(=O)(O)OP(=O)(O)OP(=O)(O)O)O[C@H]1n1cnc2c(=O)[nH]c(N)nc21)C(=O)c1ccccc1-c1c2ccc(=[N+](C)C)cc-2sc2cc(N(C)C)ccc12. The zero-order chi connectivity index (χ0) is 53.2. The van der Waals surface area contributed by atoms with Crippen LogP contribution in [0.25, 0.3) is 42.8 Å². The van der Waals surface area contributed by atoms with Gasteiger partial charge in [-0.05, 0) is 41.8 Å². The van der Waals surface area contributed by atoms with Crippen LogP contribution in [0.5, 0.6) is 0 Å². The lowest BCUT2D eigenvalue weighted by atomic mass is 9.91. The van der Waals surface area contributed by atoms with Gasteiger partial charge in [-0.2, -0.15) is 13.6 Å². The zero-order valence-corrected chi connectivity index (χ0v) is 43.0. The second kappa shape index (κ2) is 22.3. The minimum atomic E-state index is -5.89. The largest absolute Gasteiger partial charge is 0.490 e. The Kier molecular flexibility index (Phi) is 16.7. The number of carbonyl (C=O) groups is 3. The number of nitrogens with two attached hydrogens (primary N) is 1. The van der Waals surface area contributed by atoms with Crippen molar-refractivity contribution in [2.75, 3.05) is 72.1 Å². The number of aromatic amines is 1. The molecule has 0 bridgehead atoms. The monoisotopic (exact) mass is 1090 g/mol. The van der Waals surface area contributed by atoms with Crippen LogP contribution in [0, 0.1) is 0 Å². The quantitative estimate of drug-likeness (QED) is 0.0243. The number of carbonyl (C=O) groups excluding carboxylic acids is 3. The number of ether oxygens (including phenoxy) is 2. The predicted octanol–water partition coefficient (Wildman–Crippen LogP) is 2.15. The van der Waals surface area contributed by atoms with Gasteiger partial charge in [0.1, 0.15) is 26.3 Å². The maximum atomic E-state index is 14.2. The number of imidazole rings is 1. The maximum Gasteiger partial charge on any atom is 0.490 e. The summed E-state index contributed by atoms with van der Waals surface area (Å²) in [6, 6.07) is 20.0. The first-order chi connectivity index (χ1) is 34.3. The molecular weight excluding hydrogens is 1040 g/mol. The highest BCUT2D eigenvalue weighted by Crippen LogP contribution is 2.66. The number of nitrogens with one attached hydrogen (secondary N) is 3.